The Labute approximate surface area is 221 Å². The van der Waals surface area contributed by atoms with Gasteiger partial charge in [0.15, 0.2) is 0 Å². The second-order valence-electron chi connectivity index (χ2n) is 9.46. The molecule has 1 N–H and O–H groups in total. The summed E-state index contributed by atoms with van der Waals surface area (Å²) in [4.78, 5) is 4.82. The largest absolute Gasteiger partial charge is 0.489 e. The van der Waals surface area contributed by atoms with Crippen molar-refractivity contribution in [3.63, 3.8) is 0 Å². The second kappa shape index (κ2) is 10.1. The summed E-state index contributed by atoms with van der Waals surface area (Å²) >= 11 is 1.74. The first-order chi connectivity index (χ1) is 18.1. The van der Waals surface area contributed by atoms with E-state index in [2.05, 4.69) is 122 Å². The summed E-state index contributed by atoms with van der Waals surface area (Å²) in [6.45, 7) is 5.44. The Morgan fingerprint density at radius 3 is 2.41 bits per heavy atom. The Balaban J connectivity index is 1.22. The summed E-state index contributed by atoms with van der Waals surface area (Å²) < 4.78 is 7.55. The molecule has 37 heavy (non-hydrogen) atoms. The fourth-order valence-electron chi connectivity index (χ4n) is 4.56. The lowest BCUT2D eigenvalue weighted by Gasteiger charge is -2.16. The lowest BCUT2D eigenvalue weighted by molar-refractivity contribution is 0.304. The van der Waals surface area contributed by atoms with E-state index in [1.54, 1.807) is 11.3 Å². The van der Waals surface area contributed by atoms with Crippen molar-refractivity contribution in [2.75, 3.05) is 5.32 Å². The van der Waals surface area contributed by atoms with Crippen molar-refractivity contribution in [3.8, 4) is 16.3 Å². The summed E-state index contributed by atoms with van der Waals surface area (Å²) in [5, 5.41) is 7.08. The number of rotatable bonds is 7. The molecule has 0 aliphatic rings. The number of benzene rings is 5. The maximum Gasteiger partial charge on any atom is 0.125 e. The number of fused-ring (bicyclic) bond motifs is 2. The standard InChI is InChI=1S/C33H28N2OS/c1-22-7-10-24(11-8-22)21-36-31-18-14-25-5-3-4-6-28(25)29(31)20-34-27-15-12-26(13-16-27)33-35-30-17-9-23(2)19-32(30)37-33/h3-19,34H,20-21H2,1-2H3. The van der Waals surface area contributed by atoms with Gasteiger partial charge in [-0.1, -0.05) is 66.2 Å². The van der Waals surface area contributed by atoms with Crippen molar-refractivity contribution in [3.05, 3.63) is 125 Å². The lowest BCUT2D eigenvalue weighted by atomic mass is 10.0. The molecule has 0 spiro atoms. The molecule has 1 aromatic heterocycles. The molecule has 0 radical (unpaired) electrons. The predicted molar refractivity (Wildman–Crippen MR) is 157 cm³/mol. The zero-order chi connectivity index (χ0) is 25.2. The number of thiazole rings is 1. The average Bonchev–Trinajstić information content (AvgIpc) is 3.35. The number of anilines is 1. The van der Waals surface area contributed by atoms with Crippen molar-refractivity contribution in [2.24, 2.45) is 0 Å². The number of ether oxygens (including phenoxy) is 1. The third-order valence-electron chi connectivity index (χ3n) is 6.66. The molecular weight excluding hydrogens is 472 g/mol. The minimum Gasteiger partial charge on any atom is -0.489 e. The van der Waals surface area contributed by atoms with Gasteiger partial charge in [-0.2, -0.15) is 0 Å². The van der Waals surface area contributed by atoms with Crippen LogP contribution in [0.25, 0.3) is 31.6 Å². The van der Waals surface area contributed by atoms with Gasteiger partial charge in [-0.15, -0.1) is 11.3 Å². The van der Waals surface area contributed by atoms with Crippen molar-refractivity contribution in [1.82, 2.24) is 4.98 Å². The molecule has 3 nitrogen and oxygen atoms in total. The molecule has 5 aromatic carbocycles. The first-order valence-corrected chi connectivity index (χ1v) is 13.3. The van der Waals surface area contributed by atoms with Crippen LogP contribution in [0, 0.1) is 13.8 Å². The summed E-state index contributed by atoms with van der Waals surface area (Å²) in [6.07, 6.45) is 0. The van der Waals surface area contributed by atoms with E-state index >= 15 is 0 Å². The average molecular weight is 501 g/mol. The Kier molecular flexibility index (Phi) is 6.33. The quantitative estimate of drug-likeness (QED) is 0.238. The molecule has 6 rings (SSSR count). The molecule has 0 saturated carbocycles. The number of hydrogen-bond donors (Lipinski definition) is 1. The van der Waals surface area contributed by atoms with Crippen LogP contribution >= 0.6 is 11.3 Å². The second-order valence-corrected chi connectivity index (χ2v) is 10.5. The van der Waals surface area contributed by atoms with E-state index in [4.69, 9.17) is 9.72 Å². The summed E-state index contributed by atoms with van der Waals surface area (Å²) in [7, 11) is 0. The highest BCUT2D eigenvalue weighted by molar-refractivity contribution is 7.21. The Hall–Kier alpha value is -4.15. The topological polar surface area (TPSA) is 34.1 Å². The number of aromatic nitrogens is 1. The monoisotopic (exact) mass is 500 g/mol. The fraction of sp³-hybridized carbons (Fsp3) is 0.121. The van der Waals surface area contributed by atoms with Gasteiger partial charge < -0.3 is 10.1 Å². The van der Waals surface area contributed by atoms with Gasteiger partial charge in [0.25, 0.3) is 0 Å². The maximum atomic E-state index is 6.33. The molecule has 0 bridgehead atoms. The van der Waals surface area contributed by atoms with Crippen LogP contribution in [0.15, 0.2) is 103 Å². The first-order valence-electron chi connectivity index (χ1n) is 12.5. The number of aryl methyl sites for hydroxylation is 2. The molecule has 0 atom stereocenters. The molecule has 0 unspecified atom stereocenters. The summed E-state index contributed by atoms with van der Waals surface area (Å²) in [5.41, 5.74) is 8.10. The number of hydrogen-bond acceptors (Lipinski definition) is 4. The number of nitrogens with one attached hydrogen (secondary N) is 1. The molecule has 0 saturated heterocycles. The maximum absolute atomic E-state index is 6.33. The lowest BCUT2D eigenvalue weighted by Crippen LogP contribution is -2.04. The summed E-state index contributed by atoms with van der Waals surface area (Å²) in [6, 6.07) is 36.2. The van der Waals surface area contributed by atoms with E-state index < -0.39 is 0 Å². The van der Waals surface area contributed by atoms with Gasteiger partial charge in [0.1, 0.15) is 17.4 Å². The van der Waals surface area contributed by atoms with E-state index in [-0.39, 0.29) is 0 Å². The molecule has 0 aliphatic carbocycles. The first kappa shape index (κ1) is 23.3. The molecule has 6 aromatic rings. The van der Waals surface area contributed by atoms with Crippen molar-refractivity contribution in [1.29, 1.82) is 0 Å². The minimum atomic E-state index is 0.544. The summed E-state index contributed by atoms with van der Waals surface area (Å²) in [5.74, 6) is 0.910. The van der Waals surface area contributed by atoms with Crippen LogP contribution in [0.1, 0.15) is 22.3 Å². The van der Waals surface area contributed by atoms with Crippen LogP contribution in [0.5, 0.6) is 5.75 Å². The van der Waals surface area contributed by atoms with Crippen LogP contribution in [0.3, 0.4) is 0 Å². The van der Waals surface area contributed by atoms with Gasteiger partial charge in [0, 0.05) is 23.4 Å². The molecule has 182 valence electrons. The SMILES string of the molecule is Cc1ccc(COc2ccc3ccccc3c2CNc2ccc(-c3nc4ccc(C)cc4s3)cc2)cc1. The highest BCUT2D eigenvalue weighted by Gasteiger charge is 2.11. The highest BCUT2D eigenvalue weighted by atomic mass is 32.1. The fourth-order valence-corrected chi connectivity index (χ4v) is 5.62. The van der Waals surface area contributed by atoms with Gasteiger partial charge >= 0.3 is 0 Å². The zero-order valence-electron chi connectivity index (χ0n) is 21.0. The third-order valence-corrected chi connectivity index (χ3v) is 7.72. The molecule has 1 heterocycles. The van der Waals surface area contributed by atoms with Crippen LogP contribution < -0.4 is 10.1 Å². The van der Waals surface area contributed by atoms with Crippen LogP contribution in [-0.4, -0.2) is 4.98 Å². The molecule has 0 aliphatic heterocycles. The van der Waals surface area contributed by atoms with Crippen molar-refractivity contribution >= 4 is 38.0 Å². The molecule has 0 fully saturated rings. The minimum absolute atomic E-state index is 0.544. The molecule has 4 heteroatoms. The van der Waals surface area contributed by atoms with E-state index in [9.17, 15) is 0 Å². The normalized spacial score (nSPS) is 11.2. The van der Waals surface area contributed by atoms with Gasteiger partial charge in [-0.3, -0.25) is 0 Å². The molecular formula is C33H28N2OS. The number of nitrogens with zero attached hydrogens (tertiary/aromatic N) is 1. The van der Waals surface area contributed by atoms with E-state index in [1.807, 2.05) is 0 Å². The molecule has 0 amide bonds. The Morgan fingerprint density at radius 2 is 1.57 bits per heavy atom. The van der Waals surface area contributed by atoms with Crippen LogP contribution in [-0.2, 0) is 13.2 Å². The van der Waals surface area contributed by atoms with Crippen molar-refractivity contribution < 1.29 is 4.74 Å². The van der Waals surface area contributed by atoms with Gasteiger partial charge in [-0.05, 0) is 78.2 Å². The zero-order valence-corrected chi connectivity index (χ0v) is 21.8. The van der Waals surface area contributed by atoms with Gasteiger partial charge in [0.2, 0.25) is 0 Å². The smallest absolute Gasteiger partial charge is 0.125 e. The predicted octanol–water partition coefficient (Wildman–Crippen LogP) is 8.92. The van der Waals surface area contributed by atoms with Gasteiger partial charge in [-0.25, -0.2) is 4.98 Å². The highest BCUT2D eigenvalue weighted by Crippen LogP contribution is 2.32. The Morgan fingerprint density at radius 1 is 0.784 bits per heavy atom. The van der Waals surface area contributed by atoms with Crippen molar-refractivity contribution in [2.45, 2.75) is 27.0 Å². The van der Waals surface area contributed by atoms with E-state index in [0.717, 1.165) is 33.1 Å². The van der Waals surface area contributed by atoms with Crippen LogP contribution in [0.2, 0.25) is 0 Å². The Bertz CT molecular complexity index is 1680. The van der Waals surface area contributed by atoms with E-state index in [0.29, 0.717) is 13.2 Å². The van der Waals surface area contributed by atoms with E-state index in [1.165, 1.54) is 32.2 Å². The third kappa shape index (κ3) is 5.07. The van der Waals surface area contributed by atoms with Gasteiger partial charge in [0.05, 0.1) is 10.2 Å². The van der Waals surface area contributed by atoms with Crippen LogP contribution in [0.4, 0.5) is 5.69 Å².